The summed E-state index contributed by atoms with van der Waals surface area (Å²) in [7, 11) is 0. The fourth-order valence-electron chi connectivity index (χ4n) is 2.88. The van der Waals surface area contributed by atoms with E-state index in [-0.39, 0.29) is 17.9 Å². The highest BCUT2D eigenvalue weighted by Crippen LogP contribution is 2.21. The predicted molar refractivity (Wildman–Crippen MR) is 91.4 cm³/mol. The Morgan fingerprint density at radius 1 is 1.44 bits per heavy atom. The Morgan fingerprint density at radius 3 is 2.84 bits per heavy atom. The van der Waals surface area contributed by atoms with E-state index in [9.17, 15) is 14.9 Å². The number of hydrogen-bond acceptors (Lipinski definition) is 5. The third kappa shape index (κ3) is 4.16. The fraction of sp³-hybridized carbons (Fsp3) is 0.706. The molecule has 1 N–H and O–H groups in total. The van der Waals surface area contributed by atoms with E-state index in [1.807, 2.05) is 13.8 Å². The van der Waals surface area contributed by atoms with Crippen molar-refractivity contribution in [3.05, 3.63) is 12.2 Å². The highest BCUT2D eigenvalue weighted by molar-refractivity contribution is 5.91. The average molecular weight is 346 g/mol. The molecule has 8 nitrogen and oxygen atoms in total. The van der Waals surface area contributed by atoms with Crippen LogP contribution in [0, 0.1) is 16.7 Å². The van der Waals surface area contributed by atoms with Crippen LogP contribution in [0.25, 0.3) is 0 Å². The SMILES string of the molecule is CCn1ncnc1C(=O)N1CCCCC(NC(=O)C(C)(C#N)CC)C1. The lowest BCUT2D eigenvalue weighted by atomic mass is 9.88. The van der Waals surface area contributed by atoms with Gasteiger partial charge in [0.25, 0.3) is 5.91 Å². The van der Waals surface area contributed by atoms with Gasteiger partial charge >= 0.3 is 0 Å². The number of nitrogens with zero attached hydrogens (tertiary/aromatic N) is 5. The molecule has 0 bridgehead atoms. The molecular weight excluding hydrogens is 320 g/mol. The van der Waals surface area contributed by atoms with Crippen molar-refractivity contribution >= 4 is 11.8 Å². The maximum absolute atomic E-state index is 12.8. The summed E-state index contributed by atoms with van der Waals surface area (Å²) in [4.78, 5) is 31.0. The first-order valence-corrected chi connectivity index (χ1v) is 8.84. The van der Waals surface area contributed by atoms with E-state index in [0.717, 1.165) is 19.3 Å². The summed E-state index contributed by atoms with van der Waals surface area (Å²) in [6.45, 7) is 7.00. The molecule has 1 aromatic rings. The molecule has 25 heavy (non-hydrogen) atoms. The number of aromatic nitrogens is 3. The second-order valence-corrected chi connectivity index (χ2v) is 6.61. The van der Waals surface area contributed by atoms with Gasteiger partial charge in [0, 0.05) is 25.7 Å². The van der Waals surface area contributed by atoms with Gasteiger partial charge < -0.3 is 10.2 Å². The van der Waals surface area contributed by atoms with Crippen molar-refractivity contribution in [1.82, 2.24) is 25.0 Å². The van der Waals surface area contributed by atoms with Gasteiger partial charge in [-0.1, -0.05) is 6.92 Å². The summed E-state index contributed by atoms with van der Waals surface area (Å²) in [5, 5.41) is 16.3. The Kier molecular flexibility index (Phi) is 6.12. The van der Waals surface area contributed by atoms with Gasteiger partial charge in [0.1, 0.15) is 11.7 Å². The Balaban J connectivity index is 2.09. The number of amides is 2. The van der Waals surface area contributed by atoms with Crippen molar-refractivity contribution in [2.45, 2.75) is 59.0 Å². The van der Waals surface area contributed by atoms with Crippen LogP contribution < -0.4 is 5.32 Å². The summed E-state index contributed by atoms with van der Waals surface area (Å²) in [6, 6.07) is 1.93. The molecule has 0 radical (unpaired) electrons. The van der Waals surface area contributed by atoms with Gasteiger partial charge in [-0.05, 0) is 39.5 Å². The van der Waals surface area contributed by atoms with Crippen LogP contribution in [0.3, 0.4) is 0 Å². The monoisotopic (exact) mass is 346 g/mol. The molecule has 1 saturated heterocycles. The Hall–Kier alpha value is -2.43. The zero-order valence-electron chi connectivity index (χ0n) is 15.2. The highest BCUT2D eigenvalue weighted by atomic mass is 16.2. The topological polar surface area (TPSA) is 104 Å². The maximum Gasteiger partial charge on any atom is 0.291 e. The molecule has 1 aliphatic heterocycles. The molecule has 2 heterocycles. The predicted octanol–water partition coefficient (Wildman–Crippen LogP) is 1.35. The first-order chi connectivity index (χ1) is 11.9. The molecule has 136 valence electrons. The number of aryl methyl sites for hydroxylation is 1. The van der Waals surface area contributed by atoms with Gasteiger partial charge in [-0.3, -0.25) is 9.59 Å². The third-order valence-corrected chi connectivity index (χ3v) is 4.86. The smallest absolute Gasteiger partial charge is 0.291 e. The summed E-state index contributed by atoms with van der Waals surface area (Å²) < 4.78 is 1.57. The van der Waals surface area contributed by atoms with Crippen LogP contribution in [0.4, 0.5) is 0 Å². The molecule has 1 aromatic heterocycles. The van der Waals surface area contributed by atoms with Crippen LogP contribution >= 0.6 is 0 Å². The lowest BCUT2D eigenvalue weighted by molar-refractivity contribution is -0.128. The second kappa shape index (κ2) is 8.10. The van der Waals surface area contributed by atoms with Gasteiger partial charge in [-0.2, -0.15) is 10.4 Å². The van der Waals surface area contributed by atoms with Gasteiger partial charge in [-0.15, -0.1) is 0 Å². The van der Waals surface area contributed by atoms with Crippen molar-refractivity contribution in [3.8, 4) is 6.07 Å². The van der Waals surface area contributed by atoms with Crippen molar-refractivity contribution in [2.75, 3.05) is 13.1 Å². The molecule has 2 amide bonds. The quantitative estimate of drug-likeness (QED) is 0.866. The Morgan fingerprint density at radius 2 is 2.20 bits per heavy atom. The minimum Gasteiger partial charge on any atom is -0.350 e. The van der Waals surface area contributed by atoms with Crippen LogP contribution in [0.2, 0.25) is 0 Å². The normalized spacial score (nSPS) is 20.2. The number of likely N-dealkylation sites (tertiary alicyclic amines) is 1. The number of nitrogens with one attached hydrogen (secondary N) is 1. The first kappa shape index (κ1) is 18.9. The average Bonchev–Trinajstić information content (AvgIpc) is 2.99. The number of carbonyl (C=O) groups excluding carboxylic acids is 2. The third-order valence-electron chi connectivity index (χ3n) is 4.86. The summed E-state index contributed by atoms with van der Waals surface area (Å²) in [5.41, 5.74) is -1.04. The lowest BCUT2D eigenvalue weighted by Gasteiger charge is -2.27. The van der Waals surface area contributed by atoms with Crippen LogP contribution in [0.1, 0.15) is 57.1 Å². The minimum atomic E-state index is -1.04. The molecule has 0 saturated carbocycles. The summed E-state index contributed by atoms with van der Waals surface area (Å²) in [6.07, 6.45) is 4.42. The molecule has 2 unspecified atom stereocenters. The van der Waals surface area contributed by atoms with E-state index in [4.69, 9.17) is 0 Å². The highest BCUT2D eigenvalue weighted by Gasteiger charge is 2.34. The van der Waals surface area contributed by atoms with Crippen LogP contribution in [-0.4, -0.2) is 50.6 Å². The van der Waals surface area contributed by atoms with Crippen molar-refractivity contribution in [3.63, 3.8) is 0 Å². The number of rotatable bonds is 5. The van der Waals surface area contributed by atoms with Crippen molar-refractivity contribution < 1.29 is 9.59 Å². The van der Waals surface area contributed by atoms with Gasteiger partial charge in [0.15, 0.2) is 0 Å². The first-order valence-electron chi connectivity index (χ1n) is 8.84. The van der Waals surface area contributed by atoms with Crippen molar-refractivity contribution in [2.24, 2.45) is 5.41 Å². The molecule has 0 spiro atoms. The minimum absolute atomic E-state index is 0.156. The maximum atomic E-state index is 12.8. The second-order valence-electron chi connectivity index (χ2n) is 6.61. The summed E-state index contributed by atoms with van der Waals surface area (Å²) in [5.74, 6) is -0.113. The molecular formula is C17H26N6O2. The molecule has 1 fully saturated rings. The fourth-order valence-corrected chi connectivity index (χ4v) is 2.88. The molecule has 0 aromatic carbocycles. The molecule has 8 heteroatoms. The van der Waals surface area contributed by atoms with Crippen LogP contribution in [0.15, 0.2) is 6.33 Å². The van der Waals surface area contributed by atoms with Crippen LogP contribution in [0.5, 0.6) is 0 Å². The van der Waals surface area contributed by atoms with E-state index >= 15 is 0 Å². The van der Waals surface area contributed by atoms with E-state index in [1.54, 1.807) is 16.5 Å². The van der Waals surface area contributed by atoms with Gasteiger partial charge in [0.2, 0.25) is 11.7 Å². The molecule has 2 atom stereocenters. The molecule has 2 rings (SSSR count). The number of hydrogen-bond donors (Lipinski definition) is 1. The van der Waals surface area contributed by atoms with Gasteiger partial charge in [-0.25, -0.2) is 9.67 Å². The number of carbonyl (C=O) groups is 2. The van der Waals surface area contributed by atoms with E-state index in [1.165, 1.54) is 6.33 Å². The van der Waals surface area contributed by atoms with Crippen LogP contribution in [-0.2, 0) is 11.3 Å². The zero-order chi connectivity index (χ0) is 18.4. The molecule has 1 aliphatic rings. The molecule has 0 aliphatic carbocycles. The largest absolute Gasteiger partial charge is 0.350 e. The Bertz CT molecular complexity index is 664. The Labute approximate surface area is 148 Å². The lowest BCUT2D eigenvalue weighted by Crippen LogP contribution is -2.49. The van der Waals surface area contributed by atoms with E-state index in [0.29, 0.717) is 31.9 Å². The number of nitriles is 1. The van der Waals surface area contributed by atoms with Gasteiger partial charge in [0.05, 0.1) is 6.07 Å². The summed E-state index contributed by atoms with van der Waals surface area (Å²) >= 11 is 0. The van der Waals surface area contributed by atoms with E-state index < -0.39 is 5.41 Å². The standard InChI is InChI=1S/C17H26N6O2/c1-4-17(3,11-18)16(25)21-13-8-6-7-9-22(10-13)15(24)14-19-12-20-23(14)5-2/h12-13H,4-10H2,1-3H3,(H,21,25). The van der Waals surface area contributed by atoms with E-state index in [2.05, 4.69) is 21.5 Å². The van der Waals surface area contributed by atoms with Crippen molar-refractivity contribution in [1.29, 1.82) is 5.26 Å². The zero-order valence-corrected chi connectivity index (χ0v) is 15.2.